The van der Waals surface area contributed by atoms with Crippen LogP contribution in [-0.2, 0) is 9.57 Å². The van der Waals surface area contributed by atoms with Crippen molar-refractivity contribution in [3.8, 4) is 0 Å². The van der Waals surface area contributed by atoms with Gasteiger partial charge in [-0.25, -0.2) is 10.7 Å². The Labute approximate surface area is 114 Å². The number of hydrogen-bond acceptors (Lipinski definition) is 4. The molecule has 0 aromatic heterocycles. The summed E-state index contributed by atoms with van der Waals surface area (Å²) in [5, 5.41) is 2.70. The minimum absolute atomic E-state index is 0.158. The largest absolute Gasteiger partial charge is 0.444 e. The number of ether oxygens (including phenoxy) is 1. The lowest BCUT2D eigenvalue weighted by molar-refractivity contribution is 0.0636. The van der Waals surface area contributed by atoms with Crippen LogP contribution in [0, 0.1) is 0 Å². The number of carbonyl (C=O) groups excluding carboxylic acids is 1. The lowest BCUT2D eigenvalue weighted by Gasteiger charge is -2.20. The molecule has 1 unspecified atom stereocenters. The van der Waals surface area contributed by atoms with Gasteiger partial charge in [-0.1, -0.05) is 19.1 Å². The molecular formula is C14H22N2O3. The topological polar surface area (TPSA) is 73.6 Å². The SMILES string of the molecule is CC(CON)c1cccc(NC(=O)OC(C)(C)C)c1. The van der Waals surface area contributed by atoms with Crippen molar-refractivity contribution in [1.82, 2.24) is 0 Å². The molecule has 1 aromatic rings. The van der Waals surface area contributed by atoms with E-state index in [2.05, 4.69) is 10.2 Å². The van der Waals surface area contributed by atoms with Crippen LogP contribution < -0.4 is 11.2 Å². The van der Waals surface area contributed by atoms with Gasteiger partial charge in [-0.15, -0.1) is 0 Å². The molecule has 0 aliphatic rings. The zero-order chi connectivity index (χ0) is 14.5. The third kappa shape index (κ3) is 5.72. The Hall–Kier alpha value is -1.59. The van der Waals surface area contributed by atoms with Crippen LogP contribution in [0.5, 0.6) is 0 Å². The summed E-state index contributed by atoms with van der Waals surface area (Å²) in [6.07, 6.45) is -0.465. The number of nitrogens with two attached hydrogens (primary N) is 1. The second kappa shape index (κ2) is 6.54. The van der Waals surface area contributed by atoms with E-state index >= 15 is 0 Å². The van der Waals surface area contributed by atoms with E-state index in [1.807, 2.05) is 52.0 Å². The molecule has 106 valence electrons. The third-order valence-electron chi connectivity index (χ3n) is 2.45. The molecule has 0 bridgehead atoms. The molecule has 0 fully saturated rings. The maximum Gasteiger partial charge on any atom is 0.412 e. The molecule has 1 aromatic carbocycles. The summed E-state index contributed by atoms with van der Waals surface area (Å²) in [5.41, 5.74) is 1.22. The van der Waals surface area contributed by atoms with Crippen LogP contribution in [0.1, 0.15) is 39.2 Å². The molecule has 0 saturated carbocycles. The zero-order valence-corrected chi connectivity index (χ0v) is 11.9. The molecule has 1 rings (SSSR count). The summed E-state index contributed by atoms with van der Waals surface area (Å²) >= 11 is 0. The number of anilines is 1. The van der Waals surface area contributed by atoms with E-state index in [1.165, 1.54) is 0 Å². The average Bonchev–Trinajstić information content (AvgIpc) is 2.27. The predicted octanol–water partition coefficient (Wildman–Crippen LogP) is 3.03. The first kappa shape index (κ1) is 15.5. The molecule has 0 aliphatic carbocycles. The van der Waals surface area contributed by atoms with E-state index in [0.29, 0.717) is 12.3 Å². The van der Waals surface area contributed by atoms with E-state index in [4.69, 9.17) is 10.6 Å². The van der Waals surface area contributed by atoms with Crippen molar-refractivity contribution < 1.29 is 14.4 Å². The quantitative estimate of drug-likeness (QED) is 0.821. The molecular weight excluding hydrogens is 244 g/mol. The summed E-state index contributed by atoms with van der Waals surface area (Å²) < 4.78 is 5.19. The lowest BCUT2D eigenvalue weighted by atomic mass is 10.0. The number of benzene rings is 1. The molecule has 5 heteroatoms. The van der Waals surface area contributed by atoms with Crippen molar-refractivity contribution in [2.45, 2.75) is 39.2 Å². The standard InChI is InChI=1S/C14H22N2O3/c1-10(9-18-15)11-6-5-7-12(8-11)16-13(17)19-14(2,3)4/h5-8,10H,9,15H2,1-4H3,(H,16,17). The van der Waals surface area contributed by atoms with Crippen molar-refractivity contribution in [2.75, 3.05) is 11.9 Å². The van der Waals surface area contributed by atoms with Gasteiger partial charge in [0.05, 0.1) is 6.61 Å². The van der Waals surface area contributed by atoms with Crippen molar-refractivity contribution >= 4 is 11.8 Å². The van der Waals surface area contributed by atoms with Gasteiger partial charge in [0.25, 0.3) is 0 Å². The third-order valence-corrected chi connectivity index (χ3v) is 2.45. The fourth-order valence-electron chi connectivity index (χ4n) is 1.58. The van der Waals surface area contributed by atoms with E-state index in [1.54, 1.807) is 0 Å². The Morgan fingerprint density at radius 2 is 2.11 bits per heavy atom. The molecule has 1 amide bonds. The molecule has 19 heavy (non-hydrogen) atoms. The monoisotopic (exact) mass is 266 g/mol. The first-order valence-corrected chi connectivity index (χ1v) is 6.23. The van der Waals surface area contributed by atoms with Crippen molar-refractivity contribution in [1.29, 1.82) is 0 Å². The Kier molecular flexibility index (Phi) is 5.32. The minimum atomic E-state index is -0.512. The normalized spacial score (nSPS) is 12.9. The molecule has 0 heterocycles. The van der Waals surface area contributed by atoms with Crippen LogP contribution in [0.2, 0.25) is 0 Å². The van der Waals surface area contributed by atoms with Gasteiger partial charge < -0.3 is 9.57 Å². The number of hydrogen-bond donors (Lipinski definition) is 2. The van der Waals surface area contributed by atoms with Crippen LogP contribution in [0.15, 0.2) is 24.3 Å². The molecule has 1 atom stereocenters. The maximum absolute atomic E-state index is 11.7. The van der Waals surface area contributed by atoms with Crippen molar-refractivity contribution in [2.24, 2.45) is 5.90 Å². The van der Waals surface area contributed by atoms with Crippen LogP contribution >= 0.6 is 0 Å². The summed E-state index contributed by atoms with van der Waals surface area (Å²) in [7, 11) is 0. The van der Waals surface area contributed by atoms with Gasteiger partial charge in [0, 0.05) is 11.6 Å². The van der Waals surface area contributed by atoms with Crippen molar-refractivity contribution in [3.63, 3.8) is 0 Å². The molecule has 0 spiro atoms. The van der Waals surface area contributed by atoms with Crippen LogP contribution in [0.4, 0.5) is 10.5 Å². The highest BCUT2D eigenvalue weighted by Crippen LogP contribution is 2.20. The van der Waals surface area contributed by atoms with Gasteiger partial charge in [0.15, 0.2) is 0 Å². The van der Waals surface area contributed by atoms with Crippen LogP contribution in [0.3, 0.4) is 0 Å². The minimum Gasteiger partial charge on any atom is -0.444 e. The highest BCUT2D eigenvalue weighted by Gasteiger charge is 2.16. The number of nitrogens with one attached hydrogen (secondary N) is 1. The molecule has 3 N–H and O–H groups in total. The van der Waals surface area contributed by atoms with Gasteiger partial charge in [-0.2, -0.15) is 0 Å². The maximum atomic E-state index is 11.7. The molecule has 0 saturated heterocycles. The summed E-state index contributed by atoms with van der Waals surface area (Å²) in [5.74, 6) is 5.22. The number of rotatable bonds is 4. The van der Waals surface area contributed by atoms with E-state index in [9.17, 15) is 4.79 Å². The molecule has 5 nitrogen and oxygen atoms in total. The lowest BCUT2D eigenvalue weighted by Crippen LogP contribution is -2.27. The second-order valence-electron chi connectivity index (χ2n) is 5.49. The van der Waals surface area contributed by atoms with E-state index in [-0.39, 0.29) is 5.92 Å². The second-order valence-corrected chi connectivity index (χ2v) is 5.49. The fourth-order valence-corrected chi connectivity index (χ4v) is 1.58. The number of amides is 1. The summed E-state index contributed by atoms with van der Waals surface area (Å²) in [6.45, 7) is 7.90. The van der Waals surface area contributed by atoms with Crippen LogP contribution in [-0.4, -0.2) is 18.3 Å². The first-order chi connectivity index (χ1) is 8.81. The van der Waals surface area contributed by atoms with Crippen LogP contribution in [0.25, 0.3) is 0 Å². The fraction of sp³-hybridized carbons (Fsp3) is 0.500. The zero-order valence-electron chi connectivity index (χ0n) is 11.9. The summed E-state index contributed by atoms with van der Waals surface area (Å²) in [6, 6.07) is 7.52. The highest BCUT2D eigenvalue weighted by atomic mass is 16.6. The highest BCUT2D eigenvalue weighted by molar-refractivity contribution is 5.84. The Morgan fingerprint density at radius 3 is 2.68 bits per heavy atom. The van der Waals surface area contributed by atoms with Gasteiger partial charge in [0.2, 0.25) is 0 Å². The van der Waals surface area contributed by atoms with Crippen molar-refractivity contribution in [3.05, 3.63) is 29.8 Å². The average molecular weight is 266 g/mol. The van der Waals surface area contributed by atoms with Gasteiger partial charge in [-0.05, 0) is 38.5 Å². The van der Waals surface area contributed by atoms with E-state index in [0.717, 1.165) is 5.56 Å². The Balaban J connectivity index is 2.69. The van der Waals surface area contributed by atoms with Gasteiger partial charge >= 0.3 is 6.09 Å². The molecule has 0 radical (unpaired) electrons. The first-order valence-electron chi connectivity index (χ1n) is 6.23. The Morgan fingerprint density at radius 1 is 1.42 bits per heavy atom. The van der Waals surface area contributed by atoms with Gasteiger partial charge in [0.1, 0.15) is 5.60 Å². The molecule has 0 aliphatic heterocycles. The Bertz CT molecular complexity index is 427. The van der Waals surface area contributed by atoms with E-state index < -0.39 is 11.7 Å². The predicted molar refractivity (Wildman–Crippen MR) is 74.9 cm³/mol. The number of carbonyl (C=O) groups is 1. The smallest absolute Gasteiger partial charge is 0.412 e. The van der Waals surface area contributed by atoms with Gasteiger partial charge in [-0.3, -0.25) is 5.32 Å². The summed E-state index contributed by atoms with van der Waals surface area (Å²) in [4.78, 5) is 16.3.